The number of carbonyl (C=O) groups excluding carboxylic acids is 1. The van der Waals surface area contributed by atoms with Crippen LogP contribution in [0.15, 0.2) is 11.9 Å². The smallest absolute Gasteiger partial charge is 0.322 e. The molecule has 1 atom stereocenters. The Morgan fingerprint density at radius 2 is 2.38 bits per heavy atom. The van der Waals surface area contributed by atoms with Crippen LogP contribution in [-0.4, -0.2) is 30.8 Å². The number of methoxy groups -OCH3 is 1. The molecular weight excluding hydrogens is 177 g/mol. The van der Waals surface area contributed by atoms with Gasteiger partial charge in [0.1, 0.15) is 11.9 Å². The van der Waals surface area contributed by atoms with E-state index in [4.69, 9.17) is 10.8 Å². The number of esters is 1. The fraction of sp³-hybridized carbons (Fsp3) is 0.625. The lowest BCUT2D eigenvalue weighted by molar-refractivity contribution is -0.142. The SMILES string of the molecule is COC(=O)[C@@H](N)CC/C=C(/F)CO. The molecule has 0 saturated heterocycles. The van der Waals surface area contributed by atoms with E-state index in [1.165, 1.54) is 13.2 Å². The van der Waals surface area contributed by atoms with Crippen LogP contribution in [0.5, 0.6) is 0 Å². The van der Waals surface area contributed by atoms with Crippen LogP contribution in [-0.2, 0) is 9.53 Å². The third kappa shape index (κ3) is 5.32. The molecule has 0 fully saturated rings. The van der Waals surface area contributed by atoms with Crippen molar-refractivity contribution in [2.45, 2.75) is 18.9 Å². The zero-order valence-corrected chi connectivity index (χ0v) is 7.50. The number of aliphatic hydroxyl groups excluding tert-OH is 1. The molecule has 0 rings (SSSR count). The van der Waals surface area contributed by atoms with Gasteiger partial charge in [-0.3, -0.25) is 4.79 Å². The maximum atomic E-state index is 12.3. The molecular formula is C8H14FNO3. The van der Waals surface area contributed by atoms with E-state index in [0.29, 0.717) is 12.8 Å². The second kappa shape index (κ2) is 6.56. The van der Waals surface area contributed by atoms with E-state index in [1.807, 2.05) is 0 Å². The summed E-state index contributed by atoms with van der Waals surface area (Å²) in [6.45, 7) is -0.618. The molecule has 0 aromatic heterocycles. The monoisotopic (exact) mass is 191 g/mol. The summed E-state index contributed by atoms with van der Waals surface area (Å²) in [6, 6.07) is -0.729. The highest BCUT2D eigenvalue weighted by Crippen LogP contribution is 2.02. The summed E-state index contributed by atoms with van der Waals surface area (Å²) in [5.41, 5.74) is 5.37. The molecule has 4 nitrogen and oxygen atoms in total. The lowest BCUT2D eigenvalue weighted by Crippen LogP contribution is -2.31. The Morgan fingerprint density at radius 1 is 1.77 bits per heavy atom. The number of carbonyl (C=O) groups is 1. The summed E-state index contributed by atoms with van der Waals surface area (Å²) in [5.74, 6) is -1.13. The standard InChI is InChI=1S/C8H14FNO3/c1-13-8(12)7(10)4-2-3-6(9)5-11/h3,7,11H,2,4-5,10H2,1H3/b6-3+/t7-/m0/s1. The molecule has 0 amide bonds. The lowest BCUT2D eigenvalue weighted by atomic mass is 10.1. The largest absolute Gasteiger partial charge is 0.468 e. The number of hydrogen-bond donors (Lipinski definition) is 2. The number of halogens is 1. The van der Waals surface area contributed by atoms with Crippen molar-refractivity contribution in [3.63, 3.8) is 0 Å². The first-order valence-corrected chi connectivity index (χ1v) is 3.90. The van der Waals surface area contributed by atoms with E-state index in [9.17, 15) is 9.18 Å². The minimum atomic E-state index is -0.729. The number of hydrogen-bond acceptors (Lipinski definition) is 4. The molecule has 76 valence electrons. The Labute approximate surface area is 76.2 Å². The molecule has 0 aliphatic carbocycles. The van der Waals surface area contributed by atoms with Gasteiger partial charge in [0.05, 0.1) is 13.7 Å². The average molecular weight is 191 g/mol. The van der Waals surface area contributed by atoms with Gasteiger partial charge in [-0.25, -0.2) is 4.39 Å². The molecule has 13 heavy (non-hydrogen) atoms. The minimum absolute atomic E-state index is 0.306. The molecule has 0 aromatic carbocycles. The van der Waals surface area contributed by atoms with Gasteiger partial charge in [-0.2, -0.15) is 0 Å². The van der Waals surface area contributed by atoms with Gasteiger partial charge >= 0.3 is 5.97 Å². The highest BCUT2D eigenvalue weighted by Gasteiger charge is 2.11. The number of rotatable bonds is 5. The summed E-state index contributed by atoms with van der Waals surface area (Å²) >= 11 is 0. The molecule has 0 aliphatic rings. The Hall–Kier alpha value is -0.940. The van der Waals surface area contributed by atoms with Gasteiger partial charge in [0, 0.05) is 0 Å². The number of aliphatic hydroxyl groups is 1. The molecule has 3 N–H and O–H groups in total. The van der Waals surface area contributed by atoms with Crippen LogP contribution in [0.25, 0.3) is 0 Å². The van der Waals surface area contributed by atoms with Crippen molar-refractivity contribution in [2.24, 2.45) is 5.73 Å². The van der Waals surface area contributed by atoms with Crippen LogP contribution < -0.4 is 5.73 Å². The first kappa shape index (κ1) is 12.1. The molecule has 0 aliphatic heterocycles. The second-order valence-electron chi connectivity index (χ2n) is 2.52. The highest BCUT2D eigenvalue weighted by atomic mass is 19.1. The van der Waals surface area contributed by atoms with E-state index >= 15 is 0 Å². The van der Waals surface area contributed by atoms with E-state index < -0.39 is 24.4 Å². The molecule has 0 heterocycles. The predicted octanol–water partition coefficient (Wildman–Crippen LogP) is 0.113. The first-order chi connectivity index (χ1) is 6.11. The molecule has 0 spiro atoms. The predicted molar refractivity (Wildman–Crippen MR) is 45.5 cm³/mol. The van der Waals surface area contributed by atoms with Crippen LogP contribution >= 0.6 is 0 Å². The third-order valence-corrected chi connectivity index (χ3v) is 1.50. The zero-order valence-electron chi connectivity index (χ0n) is 7.50. The number of nitrogens with two attached hydrogens (primary N) is 1. The average Bonchev–Trinajstić information content (AvgIpc) is 2.15. The van der Waals surface area contributed by atoms with Crippen LogP contribution in [0, 0.1) is 0 Å². The van der Waals surface area contributed by atoms with Gasteiger partial charge in [0.25, 0.3) is 0 Å². The fourth-order valence-corrected chi connectivity index (χ4v) is 0.753. The van der Waals surface area contributed by atoms with Crippen LogP contribution in [0.1, 0.15) is 12.8 Å². The van der Waals surface area contributed by atoms with Crippen molar-refractivity contribution in [2.75, 3.05) is 13.7 Å². The maximum Gasteiger partial charge on any atom is 0.322 e. The molecule has 0 aromatic rings. The topological polar surface area (TPSA) is 72.5 Å². The Kier molecular flexibility index (Phi) is 6.09. The maximum absolute atomic E-state index is 12.3. The van der Waals surface area contributed by atoms with E-state index in [0.717, 1.165) is 0 Å². The molecule has 0 saturated carbocycles. The van der Waals surface area contributed by atoms with Gasteiger partial charge in [-0.15, -0.1) is 0 Å². The summed E-state index contributed by atoms with van der Waals surface area (Å²) in [4.78, 5) is 10.7. The molecule has 0 unspecified atom stereocenters. The van der Waals surface area contributed by atoms with Crippen molar-refractivity contribution in [3.8, 4) is 0 Å². The molecule has 0 bridgehead atoms. The van der Waals surface area contributed by atoms with Gasteiger partial charge in [0.15, 0.2) is 0 Å². The minimum Gasteiger partial charge on any atom is -0.468 e. The van der Waals surface area contributed by atoms with E-state index in [1.54, 1.807) is 0 Å². The third-order valence-electron chi connectivity index (χ3n) is 1.50. The number of ether oxygens (including phenoxy) is 1. The first-order valence-electron chi connectivity index (χ1n) is 3.90. The van der Waals surface area contributed by atoms with Crippen LogP contribution in [0.4, 0.5) is 4.39 Å². The van der Waals surface area contributed by atoms with Gasteiger partial charge in [0.2, 0.25) is 0 Å². The van der Waals surface area contributed by atoms with Crippen molar-refractivity contribution in [3.05, 3.63) is 11.9 Å². The lowest BCUT2D eigenvalue weighted by Gasteiger charge is -2.06. The van der Waals surface area contributed by atoms with E-state index in [2.05, 4.69) is 4.74 Å². The van der Waals surface area contributed by atoms with Crippen molar-refractivity contribution < 1.29 is 19.0 Å². The van der Waals surface area contributed by atoms with Crippen molar-refractivity contribution in [1.82, 2.24) is 0 Å². The fourth-order valence-electron chi connectivity index (χ4n) is 0.753. The van der Waals surface area contributed by atoms with Gasteiger partial charge in [-0.05, 0) is 12.8 Å². The normalized spacial score (nSPS) is 14.0. The van der Waals surface area contributed by atoms with Gasteiger partial charge < -0.3 is 15.6 Å². The Bertz CT molecular complexity index is 194. The van der Waals surface area contributed by atoms with Crippen molar-refractivity contribution in [1.29, 1.82) is 0 Å². The summed E-state index contributed by atoms with van der Waals surface area (Å²) in [6.07, 6.45) is 1.81. The Balaban J connectivity index is 3.70. The summed E-state index contributed by atoms with van der Waals surface area (Å²) in [7, 11) is 1.24. The number of allylic oxidation sites excluding steroid dienone is 1. The highest BCUT2D eigenvalue weighted by molar-refractivity contribution is 5.75. The van der Waals surface area contributed by atoms with Crippen LogP contribution in [0.2, 0.25) is 0 Å². The second-order valence-corrected chi connectivity index (χ2v) is 2.52. The van der Waals surface area contributed by atoms with Crippen molar-refractivity contribution >= 4 is 5.97 Å². The van der Waals surface area contributed by atoms with Crippen LogP contribution in [0.3, 0.4) is 0 Å². The summed E-state index contributed by atoms with van der Waals surface area (Å²) in [5, 5.41) is 8.29. The quantitative estimate of drug-likeness (QED) is 0.605. The van der Waals surface area contributed by atoms with E-state index in [-0.39, 0.29) is 0 Å². The van der Waals surface area contributed by atoms with Gasteiger partial charge in [-0.1, -0.05) is 6.08 Å². The zero-order chi connectivity index (χ0) is 10.3. The summed E-state index contributed by atoms with van der Waals surface area (Å²) < 4.78 is 16.7. The molecule has 5 heteroatoms. The molecule has 0 radical (unpaired) electrons. The Morgan fingerprint density at radius 3 is 2.85 bits per heavy atom.